The maximum atomic E-state index is 11.7. The monoisotopic (exact) mass is 319 g/mol. The average Bonchev–Trinajstić information content (AvgIpc) is 3.04. The minimum absolute atomic E-state index is 0.103. The molecule has 1 fully saturated rings. The Labute approximate surface area is 107 Å². The Morgan fingerprint density at radius 3 is 2.53 bits per heavy atom. The third kappa shape index (κ3) is 2.78. The Kier molecular flexibility index (Phi) is 3.13. The Bertz CT molecular complexity index is 566. The van der Waals surface area contributed by atoms with Gasteiger partial charge in [-0.25, -0.2) is 13.2 Å². The lowest BCUT2D eigenvalue weighted by molar-refractivity contribution is 0.0697. The normalized spacial score (nSPS) is 15.6. The van der Waals surface area contributed by atoms with Gasteiger partial charge in [0, 0.05) is 4.47 Å². The molecule has 0 radical (unpaired) electrons. The summed E-state index contributed by atoms with van der Waals surface area (Å²) in [6, 6.07) is 4.17. The molecule has 17 heavy (non-hydrogen) atoms. The van der Waals surface area contributed by atoms with Crippen LogP contribution in [-0.4, -0.2) is 24.7 Å². The predicted octanol–water partition coefficient (Wildman–Crippen LogP) is 2.05. The van der Waals surface area contributed by atoms with Crippen molar-refractivity contribution in [2.45, 2.75) is 18.1 Å². The quantitative estimate of drug-likeness (QED) is 0.889. The van der Waals surface area contributed by atoms with Gasteiger partial charge in [-0.15, -0.1) is 0 Å². The maximum Gasteiger partial charge on any atom is 0.335 e. The van der Waals surface area contributed by atoms with Gasteiger partial charge in [0.25, 0.3) is 0 Å². The largest absolute Gasteiger partial charge is 0.478 e. The molecule has 1 saturated carbocycles. The summed E-state index contributed by atoms with van der Waals surface area (Å²) in [5.41, 5.74) is 0.466. The topological polar surface area (TPSA) is 83.5 Å². The van der Waals surface area contributed by atoms with Crippen LogP contribution in [0.1, 0.15) is 23.2 Å². The zero-order valence-corrected chi connectivity index (χ0v) is 11.1. The second-order valence-electron chi connectivity index (χ2n) is 3.85. The van der Waals surface area contributed by atoms with Crippen molar-refractivity contribution < 1.29 is 18.3 Å². The number of nitrogens with one attached hydrogen (secondary N) is 1. The highest BCUT2D eigenvalue weighted by Gasteiger charge is 2.35. The number of anilines is 1. The summed E-state index contributed by atoms with van der Waals surface area (Å²) >= 11 is 3.15. The Hall–Kier alpha value is -1.08. The molecule has 1 aromatic rings. The van der Waals surface area contributed by atoms with E-state index in [1.807, 2.05) is 0 Å². The van der Waals surface area contributed by atoms with E-state index in [9.17, 15) is 13.2 Å². The zero-order valence-electron chi connectivity index (χ0n) is 8.68. The molecule has 2 N–H and O–H groups in total. The summed E-state index contributed by atoms with van der Waals surface area (Å²) < 4.78 is 26.2. The molecule has 1 aliphatic rings. The summed E-state index contributed by atoms with van der Waals surface area (Å²) in [6.45, 7) is 0. The second-order valence-corrected chi connectivity index (χ2v) is 6.66. The second kappa shape index (κ2) is 4.30. The Balaban J connectivity index is 2.25. The summed E-state index contributed by atoms with van der Waals surface area (Å²) in [5, 5.41) is 8.46. The van der Waals surface area contributed by atoms with Gasteiger partial charge in [-0.05, 0) is 47.0 Å². The van der Waals surface area contributed by atoms with E-state index in [0.717, 1.165) is 0 Å². The lowest BCUT2D eigenvalue weighted by Crippen LogP contribution is -2.17. The van der Waals surface area contributed by atoms with Crippen molar-refractivity contribution in [1.82, 2.24) is 0 Å². The summed E-state index contributed by atoms with van der Waals surface area (Å²) in [5.74, 6) is -1.05. The fraction of sp³-hybridized carbons (Fsp3) is 0.300. The SMILES string of the molecule is O=C(O)c1ccc(NS(=O)(=O)C2CC2)c(Br)c1. The molecule has 0 atom stereocenters. The van der Waals surface area contributed by atoms with Crippen LogP contribution < -0.4 is 4.72 Å². The predicted molar refractivity (Wildman–Crippen MR) is 66.7 cm³/mol. The molecule has 1 aliphatic carbocycles. The van der Waals surface area contributed by atoms with Gasteiger partial charge < -0.3 is 5.11 Å². The number of carbonyl (C=O) groups is 1. The van der Waals surface area contributed by atoms with Crippen molar-refractivity contribution in [3.8, 4) is 0 Å². The number of hydrogen-bond donors (Lipinski definition) is 2. The van der Waals surface area contributed by atoms with Gasteiger partial charge in [-0.1, -0.05) is 0 Å². The molecule has 0 spiro atoms. The van der Waals surface area contributed by atoms with E-state index in [0.29, 0.717) is 23.0 Å². The number of aromatic carboxylic acids is 1. The van der Waals surface area contributed by atoms with Crippen LogP contribution in [0.2, 0.25) is 0 Å². The molecule has 5 nitrogen and oxygen atoms in total. The number of sulfonamides is 1. The molecule has 0 unspecified atom stereocenters. The highest BCUT2D eigenvalue weighted by atomic mass is 79.9. The van der Waals surface area contributed by atoms with Crippen LogP contribution in [0.4, 0.5) is 5.69 Å². The zero-order chi connectivity index (χ0) is 12.6. The molecule has 0 aliphatic heterocycles. The molecule has 7 heteroatoms. The maximum absolute atomic E-state index is 11.7. The van der Waals surface area contributed by atoms with E-state index in [1.165, 1.54) is 18.2 Å². The molecule has 0 heterocycles. The summed E-state index contributed by atoms with van der Waals surface area (Å²) in [4.78, 5) is 10.7. The molecule has 0 bridgehead atoms. The third-order valence-electron chi connectivity index (χ3n) is 2.43. The van der Waals surface area contributed by atoms with Crippen LogP contribution in [0.3, 0.4) is 0 Å². The van der Waals surface area contributed by atoms with E-state index in [-0.39, 0.29) is 10.8 Å². The van der Waals surface area contributed by atoms with Crippen molar-refractivity contribution in [3.63, 3.8) is 0 Å². The number of benzene rings is 1. The molecule has 0 amide bonds. The first kappa shape index (κ1) is 12.4. The molecule has 2 rings (SSSR count). The van der Waals surface area contributed by atoms with Crippen LogP contribution in [-0.2, 0) is 10.0 Å². The Morgan fingerprint density at radius 1 is 1.41 bits per heavy atom. The van der Waals surface area contributed by atoms with Crippen molar-refractivity contribution in [2.24, 2.45) is 0 Å². The molecule has 0 aromatic heterocycles. The van der Waals surface area contributed by atoms with Gasteiger partial charge in [0.05, 0.1) is 16.5 Å². The first-order valence-corrected chi connectivity index (χ1v) is 7.28. The number of carboxylic acid groups (broad SMARTS) is 1. The first-order valence-electron chi connectivity index (χ1n) is 4.94. The van der Waals surface area contributed by atoms with Gasteiger partial charge >= 0.3 is 5.97 Å². The van der Waals surface area contributed by atoms with E-state index < -0.39 is 16.0 Å². The molecule has 92 valence electrons. The lowest BCUT2D eigenvalue weighted by Gasteiger charge is -2.09. The van der Waals surface area contributed by atoms with E-state index >= 15 is 0 Å². The van der Waals surface area contributed by atoms with E-state index in [4.69, 9.17) is 5.11 Å². The average molecular weight is 320 g/mol. The fourth-order valence-corrected chi connectivity index (χ4v) is 3.36. The Morgan fingerprint density at radius 2 is 2.06 bits per heavy atom. The minimum atomic E-state index is -3.32. The van der Waals surface area contributed by atoms with Crippen LogP contribution in [0.25, 0.3) is 0 Å². The van der Waals surface area contributed by atoms with Crippen LogP contribution in [0.5, 0.6) is 0 Å². The first-order chi connectivity index (χ1) is 7.90. The van der Waals surface area contributed by atoms with E-state index in [1.54, 1.807) is 0 Å². The summed E-state index contributed by atoms with van der Waals surface area (Å²) in [6.07, 6.45) is 1.36. The van der Waals surface area contributed by atoms with Gasteiger partial charge in [0.2, 0.25) is 10.0 Å². The number of hydrogen-bond acceptors (Lipinski definition) is 3. The minimum Gasteiger partial charge on any atom is -0.478 e. The number of rotatable bonds is 4. The van der Waals surface area contributed by atoms with Crippen molar-refractivity contribution in [1.29, 1.82) is 0 Å². The highest BCUT2D eigenvalue weighted by Crippen LogP contribution is 2.32. The van der Waals surface area contributed by atoms with Crippen molar-refractivity contribution >= 4 is 37.6 Å². The molecule has 0 saturated heterocycles. The molecule has 1 aromatic carbocycles. The standard InChI is InChI=1S/C10H10BrNO4S/c11-8-5-6(10(13)14)1-4-9(8)12-17(15,16)7-2-3-7/h1,4-5,7,12H,2-3H2,(H,13,14). The van der Waals surface area contributed by atoms with Crippen LogP contribution in [0.15, 0.2) is 22.7 Å². The van der Waals surface area contributed by atoms with Gasteiger partial charge in [-0.3, -0.25) is 4.72 Å². The van der Waals surface area contributed by atoms with Crippen molar-refractivity contribution in [3.05, 3.63) is 28.2 Å². The van der Waals surface area contributed by atoms with Gasteiger partial charge in [0.15, 0.2) is 0 Å². The fourth-order valence-electron chi connectivity index (χ4n) is 1.35. The number of carboxylic acids is 1. The highest BCUT2D eigenvalue weighted by molar-refractivity contribution is 9.10. The van der Waals surface area contributed by atoms with Gasteiger partial charge in [0.1, 0.15) is 0 Å². The molecular formula is C10H10BrNO4S. The van der Waals surface area contributed by atoms with Crippen molar-refractivity contribution in [2.75, 3.05) is 4.72 Å². The van der Waals surface area contributed by atoms with E-state index in [2.05, 4.69) is 20.7 Å². The molecular weight excluding hydrogens is 310 g/mol. The lowest BCUT2D eigenvalue weighted by atomic mass is 10.2. The third-order valence-corrected chi connectivity index (χ3v) is 4.94. The van der Waals surface area contributed by atoms with Gasteiger partial charge in [-0.2, -0.15) is 0 Å². The summed E-state index contributed by atoms with van der Waals surface area (Å²) in [7, 11) is -3.32. The van der Waals surface area contributed by atoms with Crippen LogP contribution >= 0.6 is 15.9 Å². The van der Waals surface area contributed by atoms with Crippen LogP contribution in [0, 0.1) is 0 Å². The smallest absolute Gasteiger partial charge is 0.335 e. The number of halogens is 1.